The van der Waals surface area contributed by atoms with Gasteiger partial charge in [0.1, 0.15) is 5.75 Å². The first-order chi connectivity index (χ1) is 8.41. The van der Waals surface area contributed by atoms with Crippen molar-refractivity contribution in [2.45, 2.75) is 46.0 Å². The van der Waals surface area contributed by atoms with Gasteiger partial charge in [-0.15, -0.1) is 0 Å². The summed E-state index contributed by atoms with van der Waals surface area (Å²) >= 11 is 0. The van der Waals surface area contributed by atoms with E-state index in [1.165, 1.54) is 0 Å². The molecule has 0 aliphatic heterocycles. The van der Waals surface area contributed by atoms with E-state index in [1.54, 1.807) is 0 Å². The summed E-state index contributed by atoms with van der Waals surface area (Å²) in [6, 6.07) is 1.96. The number of aliphatic carboxylic acids is 1. The summed E-state index contributed by atoms with van der Waals surface area (Å²) in [6.45, 7) is 5.74. The standard InChI is InChI=1S/C15H20O3/c1-8-6-12(9(2)10(3)15(8)18)13(7-14(16)17)11-4-5-11/h6,11,13,18H,4-5,7H2,1-3H3,(H,16,17). The molecule has 1 aliphatic rings. The van der Waals surface area contributed by atoms with Crippen molar-refractivity contribution in [3.05, 3.63) is 28.3 Å². The number of rotatable bonds is 4. The van der Waals surface area contributed by atoms with Crippen molar-refractivity contribution in [1.29, 1.82) is 0 Å². The summed E-state index contributed by atoms with van der Waals surface area (Å²) in [5, 5.41) is 19.0. The molecular weight excluding hydrogens is 228 g/mol. The SMILES string of the molecule is Cc1cc(C(CC(=O)O)C2CC2)c(C)c(C)c1O. The molecule has 98 valence electrons. The first kappa shape index (κ1) is 12.9. The number of carbonyl (C=O) groups is 1. The summed E-state index contributed by atoms with van der Waals surface area (Å²) in [5.41, 5.74) is 3.86. The van der Waals surface area contributed by atoms with E-state index in [4.69, 9.17) is 5.11 Å². The largest absolute Gasteiger partial charge is 0.507 e. The fourth-order valence-corrected chi connectivity index (χ4v) is 2.70. The van der Waals surface area contributed by atoms with Gasteiger partial charge in [-0.3, -0.25) is 4.79 Å². The maximum Gasteiger partial charge on any atom is 0.303 e. The number of carboxylic acid groups (broad SMARTS) is 1. The van der Waals surface area contributed by atoms with E-state index in [0.717, 1.165) is 35.1 Å². The summed E-state index contributed by atoms with van der Waals surface area (Å²) < 4.78 is 0. The number of aryl methyl sites for hydroxylation is 1. The minimum absolute atomic E-state index is 0.0977. The van der Waals surface area contributed by atoms with E-state index in [0.29, 0.717) is 11.7 Å². The Bertz CT molecular complexity index is 487. The zero-order valence-electron chi connectivity index (χ0n) is 11.2. The Morgan fingerprint density at radius 3 is 2.44 bits per heavy atom. The van der Waals surface area contributed by atoms with Crippen molar-refractivity contribution < 1.29 is 15.0 Å². The van der Waals surface area contributed by atoms with Crippen molar-refractivity contribution in [1.82, 2.24) is 0 Å². The lowest BCUT2D eigenvalue weighted by Crippen LogP contribution is -2.11. The number of hydrogen-bond donors (Lipinski definition) is 2. The number of hydrogen-bond acceptors (Lipinski definition) is 2. The van der Waals surface area contributed by atoms with Crippen LogP contribution in [0.15, 0.2) is 6.07 Å². The van der Waals surface area contributed by atoms with Gasteiger partial charge in [0.25, 0.3) is 0 Å². The number of phenolic OH excluding ortho intramolecular Hbond substituents is 1. The molecule has 1 aliphatic carbocycles. The number of carboxylic acids is 1. The van der Waals surface area contributed by atoms with Gasteiger partial charge in [0.2, 0.25) is 0 Å². The van der Waals surface area contributed by atoms with Gasteiger partial charge >= 0.3 is 5.97 Å². The van der Waals surface area contributed by atoms with Crippen molar-refractivity contribution in [2.24, 2.45) is 5.92 Å². The third-order valence-corrected chi connectivity index (χ3v) is 4.08. The van der Waals surface area contributed by atoms with Crippen LogP contribution in [0.2, 0.25) is 0 Å². The summed E-state index contributed by atoms with van der Waals surface area (Å²) in [6.07, 6.45) is 2.43. The lowest BCUT2D eigenvalue weighted by Gasteiger charge is -2.20. The maximum absolute atomic E-state index is 11.0. The maximum atomic E-state index is 11.0. The molecule has 18 heavy (non-hydrogen) atoms. The first-order valence-electron chi connectivity index (χ1n) is 6.43. The smallest absolute Gasteiger partial charge is 0.303 e. The molecule has 1 saturated carbocycles. The normalized spacial score (nSPS) is 16.6. The summed E-state index contributed by atoms with van der Waals surface area (Å²) in [7, 11) is 0. The van der Waals surface area contributed by atoms with Gasteiger partial charge in [0.05, 0.1) is 6.42 Å². The van der Waals surface area contributed by atoms with Crippen molar-refractivity contribution in [3.63, 3.8) is 0 Å². The van der Waals surface area contributed by atoms with Crippen molar-refractivity contribution >= 4 is 5.97 Å². The molecule has 2 N–H and O–H groups in total. The van der Waals surface area contributed by atoms with Gasteiger partial charge in [-0.25, -0.2) is 0 Å². The van der Waals surface area contributed by atoms with E-state index >= 15 is 0 Å². The van der Waals surface area contributed by atoms with Gasteiger partial charge in [0.15, 0.2) is 0 Å². The molecule has 0 spiro atoms. The van der Waals surface area contributed by atoms with Crippen LogP contribution < -0.4 is 0 Å². The summed E-state index contributed by atoms with van der Waals surface area (Å²) in [5.74, 6) is 0.194. The molecule has 3 heteroatoms. The van der Waals surface area contributed by atoms with Gasteiger partial charge in [-0.1, -0.05) is 6.07 Å². The van der Waals surface area contributed by atoms with Crippen LogP contribution in [0, 0.1) is 26.7 Å². The quantitative estimate of drug-likeness (QED) is 0.859. The van der Waals surface area contributed by atoms with Crippen LogP contribution in [-0.4, -0.2) is 16.2 Å². The molecule has 0 heterocycles. The molecule has 0 amide bonds. The fraction of sp³-hybridized carbons (Fsp3) is 0.533. The van der Waals surface area contributed by atoms with E-state index in [1.807, 2.05) is 26.8 Å². The van der Waals surface area contributed by atoms with Gasteiger partial charge < -0.3 is 10.2 Å². The van der Waals surface area contributed by atoms with E-state index in [-0.39, 0.29) is 12.3 Å². The molecular formula is C15H20O3. The number of phenols is 1. The lowest BCUT2D eigenvalue weighted by molar-refractivity contribution is -0.137. The molecule has 2 rings (SSSR count). The molecule has 0 radical (unpaired) electrons. The molecule has 1 atom stereocenters. The van der Waals surface area contributed by atoms with Gasteiger partial charge in [-0.05, 0) is 67.7 Å². The molecule has 0 saturated heterocycles. The Balaban J connectivity index is 2.44. The Kier molecular flexibility index (Phi) is 3.33. The third-order valence-electron chi connectivity index (χ3n) is 4.08. The van der Waals surface area contributed by atoms with Crippen LogP contribution >= 0.6 is 0 Å². The van der Waals surface area contributed by atoms with Crippen LogP contribution in [0.3, 0.4) is 0 Å². The summed E-state index contributed by atoms with van der Waals surface area (Å²) in [4.78, 5) is 11.0. The Hall–Kier alpha value is -1.51. The zero-order chi connectivity index (χ0) is 13.4. The van der Waals surface area contributed by atoms with Crippen LogP contribution in [0.5, 0.6) is 5.75 Å². The van der Waals surface area contributed by atoms with Gasteiger partial charge in [-0.2, -0.15) is 0 Å². The highest BCUT2D eigenvalue weighted by Crippen LogP contribution is 2.46. The number of benzene rings is 1. The topological polar surface area (TPSA) is 57.5 Å². The molecule has 0 aromatic heterocycles. The van der Waals surface area contributed by atoms with E-state index in [9.17, 15) is 9.90 Å². The predicted octanol–water partition coefficient (Wildman–Crippen LogP) is 3.29. The van der Waals surface area contributed by atoms with Crippen LogP contribution in [0.4, 0.5) is 0 Å². The highest BCUT2D eigenvalue weighted by molar-refractivity contribution is 5.68. The minimum Gasteiger partial charge on any atom is -0.507 e. The lowest BCUT2D eigenvalue weighted by atomic mass is 9.85. The average molecular weight is 248 g/mol. The molecule has 1 aromatic rings. The molecule has 1 aromatic carbocycles. The fourth-order valence-electron chi connectivity index (χ4n) is 2.70. The first-order valence-corrected chi connectivity index (χ1v) is 6.43. The van der Waals surface area contributed by atoms with Crippen LogP contribution in [0.1, 0.15) is 47.4 Å². The van der Waals surface area contributed by atoms with E-state index < -0.39 is 5.97 Å². The Labute approximate surface area is 107 Å². The molecule has 3 nitrogen and oxygen atoms in total. The van der Waals surface area contributed by atoms with Crippen molar-refractivity contribution in [2.75, 3.05) is 0 Å². The second kappa shape index (κ2) is 4.63. The Morgan fingerprint density at radius 2 is 1.94 bits per heavy atom. The molecule has 1 unspecified atom stereocenters. The van der Waals surface area contributed by atoms with Crippen molar-refractivity contribution in [3.8, 4) is 5.75 Å². The monoisotopic (exact) mass is 248 g/mol. The Morgan fingerprint density at radius 1 is 1.33 bits per heavy atom. The highest BCUT2D eigenvalue weighted by Gasteiger charge is 2.35. The molecule has 1 fully saturated rings. The molecule has 0 bridgehead atoms. The van der Waals surface area contributed by atoms with Gasteiger partial charge in [0, 0.05) is 0 Å². The zero-order valence-corrected chi connectivity index (χ0v) is 11.2. The highest BCUT2D eigenvalue weighted by atomic mass is 16.4. The second-order valence-electron chi connectivity index (χ2n) is 5.42. The number of aromatic hydroxyl groups is 1. The second-order valence-corrected chi connectivity index (χ2v) is 5.42. The van der Waals surface area contributed by atoms with Crippen LogP contribution in [-0.2, 0) is 4.79 Å². The third kappa shape index (κ3) is 2.35. The predicted molar refractivity (Wildman–Crippen MR) is 70.0 cm³/mol. The van der Waals surface area contributed by atoms with E-state index in [2.05, 4.69) is 0 Å². The average Bonchev–Trinajstić information content (AvgIpc) is 3.12. The van der Waals surface area contributed by atoms with Crippen LogP contribution in [0.25, 0.3) is 0 Å². The minimum atomic E-state index is -0.741.